The first kappa shape index (κ1) is 13.3. The number of imidazole rings is 1. The number of rotatable bonds is 2. The van der Waals surface area contributed by atoms with Gasteiger partial charge in [-0.3, -0.25) is 4.68 Å². The van der Waals surface area contributed by atoms with Crippen LogP contribution >= 0.6 is 0 Å². The van der Waals surface area contributed by atoms with Gasteiger partial charge in [-0.05, 0) is 19.9 Å². The van der Waals surface area contributed by atoms with Gasteiger partial charge in [0.2, 0.25) is 0 Å². The Balaban J connectivity index is 2.24. The Bertz CT molecular complexity index is 879. The highest BCUT2D eigenvalue weighted by Crippen LogP contribution is 2.27. The van der Waals surface area contributed by atoms with Crippen LogP contribution in [0.25, 0.3) is 22.4 Å². The molecule has 7 heteroatoms. The molecule has 0 radical (unpaired) electrons. The van der Waals surface area contributed by atoms with E-state index in [1.807, 2.05) is 20.9 Å². The summed E-state index contributed by atoms with van der Waals surface area (Å²) in [7, 11) is 1.83. The maximum Gasteiger partial charge on any atom is 0.338 e. The summed E-state index contributed by atoms with van der Waals surface area (Å²) in [5.41, 5.74) is 3.03. The third-order valence-corrected chi connectivity index (χ3v) is 3.55. The van der Waals surface area contributed by atoms with Crippen LogP contribution in [-0.2, 0) is 7.05 Å². The minimum Gasteiger partial charge on any atom is -0.478 e. The topological polar surface area (TPSA) is 83.8 Å². The van der Waals surface area contributed by atoms with E-state index < -0.39 is 11.8 Å². The van der Waals surface area contributed by atoms with Gasteiger partial charge in [0.15, 0.2) is 0 Å². The van der Waals surface area contributed by atoms with Crippen molar-refractivity contribution >= 4 is 17.0 Å². The Kier molecular flexibility index (Phi) is 2.79. The van der Waals surface area contributed by atoms with Gasteiger partial charge >= 0.3 is 5.97 Å². The molecule has 0 spiro atoms. The van der Waals surface area contributed by atoms with Gasteiger partial charge in [-0.2, -0.15) is 5.10 Å². The SMILES string of the molecule is Cc1nn(C)c(C)c1-c1nc2cc(C(=O)O)c(F)cc2[nH]1. The molecule has 0 aliphatic carbocycles. The monoisotopic (exact) mass is 288 g/mol. The Hall–Kier alpha value is -2.70. The minimum absolute atomic E-state index is 0.389. The molecule has 108 valence electrons. The van der Waals surface area contributed by atoms with Crippen LogP contribution in [0.15, 0.2) is 12.1 Å². The molecule has 0 fully saturated rings. The number of aromatic amines is 1. The summed E-state index contributed by atoms with van der Waals surface area (Å²) >= 11 is 0. The Morgan fingerprint density at radius 3 is 2.67 bits per heavy atom. The molecule has 0 atom stereocenters. The number of benzene rings is 1. The fraction of sp³-hybridized carbons (Fsp3) is 0.214. The van der Waals surface area contributed by atoms with Crippen molar-refractivity contribution in [2.24, 2.45) is 7.05 Å². The summed E-state index contributed by atoms with van der Waals surface area (Å²) in [6, 6.07) is 2.38. The Morgan fingerprint density at radius 1 is 1.38 bits per heavy atom. The van der Waals surface area contributed by atoms with Crippen molar-refractivity contribution in [1.82, 2.24) is 19.7 Å². The minimum atomic E-state index is -1.31. The molecule has 3 rings (SSSR count). The van der Waals surface area contributed by atoms with Crippen molar-refractivity contribution in [2.75, 3.05) is 0 Å². The van der Waals surface area contributed by atoms with Gasteiger partial charge < -0.3 is 10.1 Å². The summed E-state index contributed by atoms with van der Waals surface area (Å²) in [4.78, 5) is 18.3. The van der Waals surface area contributed by atoms with Crippen molar-refractivity contribution < 1.29 is 14.3 Å². The zero-order valence-corrected chi connectivity index (χ0v) is 11.7. The Morgan fingerprint density at radius 2 is 2.10 bits per heavy atom. The lowest BCUT2D eigenvalue weighted by Crippen LogP contribution is -1.99. The molecule has 6 nitrogen and oxygen atoms in total. The number of aryl methyl sites for hydroxylation is 2. The number of halogens is 1. The summed E-state index contributed by atoms with van der Waals surface area (Å²) in [5, 5.41) is 13.3. The van der Waals surface area contributed by atoms with Crippen LogP contribution < -0.4 is 0 Å². The molecular weight excluding hydrogens is 275 g/mol. The molecule has 21 heavy (non-hydrogen) atoms. The molecule has 0 amide bonds. The van der Waals surface area contributed by atoms with Crippen molar-refractivity contribution in [2.45, 2.75) is 13.8 Å². The summed E-state index contributed by atoms with van der Waals surface area (Å²) < 4.78 is 15.4. The van der Waals surface area contributed by atoms with Gasteiger partial charge in [0.05, 0.1) is 27.9 Å². The number of fused-ring (bicyclic) bond motifs is 1. The molecule has 3 aromatic rings. The first-order chi connectivity index (χ1) is 9.88. The number of nitrogens with zero attached hydrogens (tertiary/aromatic N) is 3. The zero-order chi connectivity index (χ0) is 15.3. The number of aromatic nitrogens is 4. The fourth-order valence-electron chi connectivity index (χ4n) is 2.43. The first-order valence-electron chi connectivity index (χ1n) is 6.31. The average Bonchev–Trinajstić information content (AvgIpc) is 2.89. The normalized spacial score (nSPS) is 11.2. The second kappa shape index (κ2) is 4.41. The second-order valence-corrected chi connectivity index (χ2v) is 4.91. The standard InChI is InChI=1S/C14H13FN4O2/c1-6-12(7(2)19(3)18-6)13-16-10-4-8(14(20)21)9(15)5-11(10)17-13/h4-5H,1-3H3,(H,16,17)(H,20,21). The van der Waals surface area contributed by atoms with Crippen molar-refractivity contribution in [3.8, 4) is 11.4 Å². The van der Waals surface area contributed by atoms with Crippen LogP contribution in [0.3, 0.4) is 0 Å². The lowest BCUT2D eigenvalue weighted by atomic mass is 10.2. The fourth-order valence-corrected chi connectivity index (χ4v) is 2.43. The van der Waals surface area contributed by atoms with Gasteiger partial charge in [0.25, 0.3) is 0 Å². The van der Waals surface area contributed by atoms with Gasteiger partial charge in [-0.25, -0.2) is 14.2 Å². The molecule has 2 N–H and O–H groups in total. The van der Waals surface area contributed by atoms with Crippen LogP contribution in [0.2, 0.25) is 0 Å². The van der Waals surface area contributed by atoms with Gasteiger partial charge in [0.1, 0.15) is 11.6 Å². The molecule has 0 unspecified atom stereocenters. The average molecular weight is 288 g/mol. The number of hydrogen-bond donors (Lipinski definition) is 2. The second-order valence-electron chi connectivity index (χ2n) is 4.91. The number of carboxylic acid groups (broad SMARTS) is 1. The first-order valence-corrected chi connectivity index (χ1v) is 6.31. The van der Waals surface area contributed by atoms with E-state index in [0.717, 1.165) is 23.0 Å². The number of hydrogen-bond acceptors (Lipinski definition) is 3. The van der Waals surface area contributed by atoms with Crippen LogP contribution in [0.4, 0.5) is 4.39 Å². The maximum absolute atomic E-state index is 13.7. The molecule has 1 aromatic carbocycles. The highest BCUT2D eigenvalue weighted by atomic mass is 19.1. The molecular formula is C14H13FN4O2. The molecule has 0 aliphatic rings. The molecule has 0 aliphatic heterocycles. The van der Waals surface area contributed by atoms with E-state index >= 15 is 0 Å². The number of carboxylic acids is 1. The summed E-state index contributed by atoms with van der Waals surface area (Å²) in [6.45, 7) is 3.77. The number of aromatic carboxylic acids is 1. The van der Waals surface area contributed by atoms with E-state index in [1.54, 1.807) is 4.68 Å². The van der Waals surface area contributed by atoms with E-state index in [1.165, 1.54) is 6.07 Å². The van der Waals surface area contributed by atoms with E-state index in [-0.39, 0.29) is 5.56 Å². The van der Waals surface area contributed by atoms with E-state index in [9.17, 15) is 9.18 Å². The van der Waals surface area contributed by atoms with Gasteiger partial charge in [-0.1, -0.05) is 0 Å². The maximum atomic E-state index is 13.7. The third kappa shape index (κ3) is 1.97. The van der Waals surface area contributed by atoms with Crippen LogP contribution in [0.1, 0.15) is 21.7 Å². The highest BCUT2D eigenvalue weighted by Gasteiger charge is 2.18. The van der Waals surface area contributed by atoms with Gasteiger partial charge in [-0.15, -0.1) is 0 Å². The smallest absolute Gasteiger partial charge is 0.338 e. The largest absolute Gasteiger partial charge is 0.478 e. The molecule has 2 heterocycles. The predicted octanol–water partition coefficient (Wildman–Crippen LogP) is 2.42. The van der Waals surface area contributed by atoms with Crippen molar-refractivity contribution in [3.63, 3.8) is 0 Å². The van der Waals surface area contributed by atoms with E-state index in [4.69, 9.17) is 5.11 Å². The van der Waals surface area contributed by atoms with Gasteiger partial charge in [0, 0.05) is 18.8 Å². The van der Waals surface area contributed by atoms with Crippen molar-refractivity contribution in [1.29, 1.82) is 0 Å². The molecule has 2 aromatic heterocycles. The number of nitrogens with one attached hydrogen (secondary N) is 1. The predicted molar refractivity (Wildman–Crippen MR) is 74.7 cm³/mol. The Labute approximate surface area is 119 Å². The van der Waals surface area contributed by atoms with E-state index in [2.05, 4.69) is 15.1 Å². The molecule has 0 saturated carbocycles. The summed E-state index contributed by atoms with van der Waals surface area (Å²) in [6.07, 6.45) is 0. The zero-order valence-electron chi connectivity index (χ0n) is 11.7. The third-order valence-electron chi connectivity index (χ3n) is 3.55. The number of H-pyrrole nitrogens is 1. The van der Waals surface area contributed by atoms with Crippen LogP contribution in [-0.4, -0.2) is 30.8 Å². The quantitative estimate of drug-likeness (QED) is 0.758. The number of carbonyl (C=O) groups is 1. The van der Waals surface area contributed by atoms with E-state index in [0.29, 0.717) is 16.9 Å². The lowest BCUT2D eigenvalue weighted by molar-refractivity contribution is 0.0692. The molecule has 0 saturated heterocycles. The lowest BCUT2D eigenvalue weighted by Gasteiger charge is -1.96. The van der Waals surface area contributed by atoms with Crippen LogP contribution in [0, 0.1) is 19.7 Å². The van der Waals surface area contributed by atoms with Crippen molar-refractivity contribution in [3.05, 3.63) is 34.9 Å². The highest BCUT2D eigenvalue weighted by molar-refractivity contribution is 5.93. The van der Waals surface area contributed by atoms with Crippen LogP contribution in [0.5, 0.6) is 0 Å². The molecule has 0 bridgehead atoms. The summed E-state index contributed by atoms with van der Waals surface area (Å²) in [5.74, 6) is -1.55.